The lowest BCUT2D eigenvalue weighted by Crippen LogP contribution is -2.36. The number of ether oxygens (including phenoxy) is 1. The van der Waals surface area contributed by atoms with Crippen LogP contribution in [0.3, 0.4) is 0 Å². The monoisotopic (exact) mass is 377 g/mol. The highest BCUT2D eigenvalue weighted by molar-refractivity contribution is 5.92. The van der Waals surface area contributed by atoms with Crippen LogP contribution in [0, 0.1) is 0 Å². The van der Waals surface area contributed by atoms with E-state index in [4.69, 9.17) is 4.74 Å². The molecule has 1 aromatic heterocycles. The molecule has 2 N–H and O–H groups in total. The number of urea groups is 1. The molecule has 0 bridgehead atoms. The normalized spacial score (nSPS) is 11.6. The molecule has 0 aliphatic heterocycles. The van der Waals surface area contributed by atoms with Gasteiger partial charge in [-0.3, -0.25) is 9.78 Å². The first-order valence-electron chi connectivity index (χ1n) is 9.19. The van der Waals surface area contributed by atoms with Crippen LogP contribution in [0.5, 0.6) is 5.75 Å². The van der Waals surface area contributed by atoms with Crippen LogP contribution in [0.1, 0.15) is 25.8 Å². The number of aromatic nitrogens is 1. The molecule has 0 saturated heterocycles. The second-order valence-corrected chi connectivity index (χ2v) is 6.69. The van der Waals surface area contributed by atoms with E-state index in [1.165, 1.54) is 6.92 Å². The number of nitrogens with zero attached hydrogens (tertiary/aromatic N) is 1. The van der Waals surface area contributed by atoms with Gasteiger partial charge in [-0.2, -0.15) is 0 Å². The van der Waals surface area contributed by atoms with Crippen molar-refractivity contribution < 1.29 is 14.3 Å². The summed E-state index contributed by atoms with van der Waals surface area (Å²) in [5.41, 5.74) is 2.66. The molecule has 1 unspecified atom stereocenters. The Hall–Kier alpha value is -3.41. The Kier molecular flexibility index (Phi) is 6.22. The molecule has 0 spiro atoms. The van der Waals surface area contributed by atoms with Gasteiger partial charge in [0, 0.05) is 30.2 Å². The molecule has 0 aliphatic carbocycles. The predicted molar refractivity (Wildman–Crippen MR) is 109 cm³/mol. The van der Waals surface area contributed by atoms with Crippen molar-refractivity contribution in [3.05, 3.63) is 66.4 Å². The Balaban J connectivity index is 1.47. The van der Waals surface area contributed by atoms with E-state index in [2.05, 4.69) is 15.6 Å². The maximum absolute atomic E-state index is 12.2. The van der Waals surface area contributed by atoms with Crippen LogP contribution in [0.4, 0.5) is 10.5 Å². The van der Waals surface area contributed by atoms with E-state index in [1.807, 2.05) is 49.4 Å². The van der Waals surface area contributed by atoms with Crippen molar-refractivity contribution in [1.82, 2.24) is 10.3 Å². The Bertz CT molecular complexity index is 970. The molecular formula is C22H23N3O3. The number of anilines is 1. The molecule has 144 valence electrons. The second kappa shape index (κ2) is 8.99. The summed E-state index contributed by atoms with van der Waals surface area (Å²) in [6, 6.07) is 16.7. The number of benzene rings is 2. The van der Waals surface area contributed by atoms with E-state index in [9.17, 15) is 9.59 Å². The second-order valence-electron chi connectivity index (χ2n) is 6.69. The minimum absolute atomic E-state index is 0.00623. The summed E-state index contributed by atoms with van der Waals surface area (Å²) < 4.78 is 5.02. The lowest BCUT2D eigenvalue weighted by atomic mass is 10.1. The van der Waals surface area contributed by atoms with Gasteiger partial charge in [0.1, 0.15) is 5.75 Å². The number of pyridine rings is 1. The van der Waals surface area contributed by atoms with Gasteiger partial charge in [-0.05, 0) is 55.7 Å². The van der Waals surface area contributed by atoms with Crippen molar-refractivity contribution in [3.8, 4) is 5.75 Å². The highest BCUT2D eigenvalue weighted by atomic mass is 16.5. The summed E-state index contributed by atoms with van der Waals surface area (Å²) in [7, 11) is 0. The third-order valence-electron chi connectivity index (χ3n) is 4.29. The number of fused-ring (bicyclic) bond motifs is 1. The third kappa shape index (κ3) is 5.54. The van der Waals surface area contributed by atoms with Crippen LogP contribution >= 0.6 is 0 Å². The molecule has 1 heterocycles. The van der Waals surface area contributed by atoms with Crippen LogP contribution in [-0.2, 0) is 11.2 Å². The van der Waals surface area contributed by atoms with Crippen molar-refractivity contribution in [1.29, 1.82) is 0 Å². The number of hydrogen-bond donors (Lipinski definition) is 2. The molecule has 6 nitrogen and oxygen atoms in total. The van der Waals surface area contributed by atoms with Gasteiger partial charge in [0.15, 0.2) is 0 Å². The molecule has 6 heteroatoms. The predicted octanol–water partition coefficient (Wildman–Crippen LogP) is 4.30. The van der Waals surface area contributed by atoms with Gasteiger partial charge in [0.05, 0.1) is 5.52 Å². The van der Waals surface area contributed by atoms with Gasteiger partial charge in [-0.1, -0.05) is 24.3 Å². The van der Waals surface area contributed by atoms with Crippen LogP contribution < -0.4 is 15.4 Å². The van der Waals surface area contributed by atoms with Crippen LogP contribution in [0.25, 0.3) is 10.9 Å². The maximum Gasteiger partial charge on any atom is 0.319 e. The molecule has 0 aliphatic rings. The lowest BCUT2D eigenvalue weighted by Gasteiger charge is -2.15. The van der Waals surface area contributed by atoms with E-state index in [1.54, 1.807) is 18.3 Å². The average molecular weight is 377 g/mol. The van der Waals surface area contributed by atoms with Gasteiger partial charge in [-0.15, -0.1) is 0 Å². The van der Waals surface area contributed by atoms with Gasteiger partial charge in [0.25, 0.3) is 0 Å². The van der Waals surface area contributed by atoms with Crippen molar-refractivity contribution >= 4 is 28.6 Å². The summed E-state index contributed by atoms with van der Waals surface area (Å²) in [5, 5.41) is 6.82. The highest BCUT2D eigenvalue weighted by Gasteiger charge is 2.09. The zero-order chi connectivity index (χ0) is 19.9. The van der Waals surface area contributed by atoms with Gasteiger partial charge < -0.3 is 15.4 Å². The van der Waals surface area contributed by atoms with Crippen LogP contribution in [-0.4, -0.2) is 23.0 Å². The Morgan fingerprint density at radius 3 is 2.64 bits per heavy atom. The van der Waals surface area contributed by atoms with Crippen molar-refractivity contribution in [2.75, 3.05) is 5.32 Å². The minimum Gasteiger partial charge on any atom is -0.427 e. The smallest absolute Gasteiger partial charge is 0.319 e. The van der Waals surface area contributed by atoms with Crippen molar-refractivity contribution in [2.24, 2.45) is 0 Å². The molecule has 3 aromatic rings. The number of amides is 2. The number of hydrogen-bond acceptors (Lipinski definition) is 4. The highest BCUT2D eigenvalue weighted by Crippen LogP contribution is 2.17. The van der Waals surface area contributed by atoms with E-state index in [0.717, 1.165) is 29.3 Å². The Morgan fingerprint density at radius 2 is 1.89 bits per heavy atom. The zero-order valence-corrected chi connectivity index (χ0v) is 15.9. The first-order chi connectivity index (χ1) is 13.5. The maximum atomic E-state index is 12.2. The van der Waals surface area contributed by atoms with Crippen LogP contribution in [0.15, 0.2) is 60.8 Å². The zero-order valence-electron chi connectivity index (χ0n) is 15.9. The fourth-order valence-corrected chi connectivity index (χ4v) is 2.88. The molecule has 0 fully saturated rings. The number of carbonyl (C=O) groups is 2. The molecule has 2 aromatic carbocycles. The van der Waals surface area contributed by atoms with Crippen molar-refractivity contribution in [3.63, 3.8) is 0 Å². The molecular weight excluding hydrogens is 354 g/mol. The van der Waals surface area contributed by atoms with E-state index < -0.39 is 0 Å². The van der Waals surface area contributed by atoms with E-state index in [-0.39, 0.29) is 18.0 Å². The lowest BCUT2D eigenvalue weighted by molar-refractivity contribution is -0.131. The number of nitrogens with one attached hydrogen (secondary N) is 2. The Morgan fingerprint density at radius 1 is 1.11 bits per heavy atom. The minimum atomic E-state index is -0.334. The van der Waals surface area contributed by atoms with Gasteiger partial charge in [0.2, 0.25) is 0 Å². The number of aryl methyl sites for hydroxylation is 1. The van der Waals surface area contributed by atoms with Gasteiger partial charge in [-0.25, -0.2) is 4.79 Å². The quantitative estimate of drug-likeness (QED) is 0.496. The topological polar surface area (TPSA) is 80.3 Å². The molecule has 0 radical (unpaired) electrons. The fraction of sp³-hybridized carbons (Fsp3) is 0.227. The van der Waals surface area contributed by atoms with Gasteiger partial charge >= 0.3 is 12.0 Å². The molecule has 1 atom stereocenters. The summed E-state index contributed by atoms with van der Waals surface area (Å²) in [6.07, 6.45) is 3.33. The fourth-order valence-electron chi connectivity index (χ4n) is 2.88. The summed E-state index contributed by atoms with van der Waals surface area (Å²) in [5.74, 6) is 0.199. The summed E-state index contributed by atoms with van der Waals surface area (Å²) >= 11 is 0. The standard InChI is InChI=1S/C22H23N3O3/c1-15(5-6-17-7-11-20(12-8-17)28-16(2)26)24-22(27)25-19-10-9-18-4-3-13-23-21(18)14-19/h3-4,7-15H,5-6H2,1-2H3,(H2,24,25,27). The Labute approximate surface area is 163 Å². The van der Waals surface area contributed by atoms with E-state index in [0.29, 0.717) is 11.4 Å². The largest absolute Gasteiger partial charge is 0.427 e. The number of carbonyl (C=O) groups excluding carboxylic acids is 2. The molecule has 3 rings (SSSR count). The molecule has 28 heavy (non-hydrogen) atoms. The third-order valence-corrected chi connectivity index (χ3v) is 4.29. The van der Waals surface area contributed by atoms with Crippen molar-refractivity contribution in [2.45, 2.75) is 32.7 Å². The summed E-state index contributed by atoms with van der Waals surface area (Å²) in [4.78, 5) is 27.5. The van der Waals surface area contributed by atoms with Crippen LogP contribution in [0.2, 0.25) is 0 Å². The summed E-state index contributed by atoms with van der Waals surface area (Å²) in [6.45, 7) is 3.34. The first kappa shape index (κ1) is 19.4. The van der Waals surface area contributed by atoms with E-state index >= 15 is 0 Å². The molecule has 2 amide bonds. The number of rotatable bonds is 6. The number of esters is 1. The average Bonchev–Trinajstić information content (AvgIpc) is 2.67. The first-order valence-corrected chi connectivity index (χ1v) is 9.19. The SMILES string of the molecule is CC(=O)Oc1ccc(CCC(C)NC(=O)Nc2ccc3cccnc3c2)cc1. The molecule has 0 saturated carbocycles.